The molecule has 4 aromatic rings. The Labute approximate surface area is 301 Å². The molecule has 1 heterocycles. The molecule has 44 heavy (non-hydrogen) atoms. The van der Waals surface area contributed by atoms with E-state index in [9.17, 15) is 35.5 Å². The third-order valence-corrected chi connectivity index (χ3v) is 9.29. The first-order valence-electron chi connectivity index (χ1n) is 11.9. The second-order valence-electron chi connectivity index (χ2n) is 9.07. The van der Waals surface area contributed by atoms with Crippen LogP contribution < -0.4 is 69.2 Å². The van der Waals surface area contributed by atoms with Crippen molar-refractivity contribution in [2.45, 2.75) is 36.6 Å². The van der Waals surface area contributed by atoms with Crippen LogP contribution in [-0.2, 0) is 29.8 Å². The first kappa shape index (κ1) is 38.1. The predicted octanol–water partition coefficient (Wildman–Crippen LogP) is -1.92. The maximum atomic E-state index is 12.9. The SMILES string of the molecule is COc1cc(S(=O)(=O)[O-])c(C)cc1NC(=O)C(N=Nc1ccc(-c2nc3ccc(C)c(S(=O)(=O)[O-])c3s2)cc1)C(C)=O.[Na+].[Na+]. The number of carbonyl (C=O) groups excluding carboxylic acids is 2. The number of aromatic nitrogens is 1. The second-order valence-corrected chi connectivity index (χ2v) is 12.7. The summed E-state index contributed by atoms with van der Waals surface area (Å²) in [6.45, 7) is 4.05. The minimum atomic E-state index is -4.79. The standard InChI is InChI=1S/C26H24N4O9S3.2Na/c1-13-5-10-18-23(24(13)42(36,37)38)40-26(28-18)16-6-8-17(9-7-16)29-30-22(15(3)31)25(32)27-19-11-14(2)21(41(33,34)35)12-20(19)39-4;;/h5-12,22H,1-4H3,(H,27,32)(H,33,34,35)(H,36,37,38);;/q;2*+1/p-2. The van der Waals surface area contributed by atoms with Gasteiger partial charge in [0.15, 0.2) is 5.78 Å². The van der Waals surface area contributed by atoms with Gasteiger partial charge in [0, 0.05) is 11.6 Å². The van der Waals surface area contributed by atoms with Crippen molar-refractivity contribution < 1.29 is 99.4 Å². The smallest absolute Gasteiger partial charge is 0.744 e. The molecule has 13 nitrogen and oxygen atoms in total. The van der Waals surface area contributed by atoms with Gasteiger partial charge in [-0.2, -0.15) is 10.2 Å². The fourth-order valence-corrected chi connectivity index (χ4v) is 7.01. The number of benzene rings is 3. The van der Waals surface area contributed by atoms with E-state index in [4.69, 9.17) is 4.74 Å². The van der Waals surface area contributed by atoms with Crippen molar-refractivity contribution in [1.82, 2.24) is 4.98 Å². The summed E-state index contributed by atoms with van der Waals surface area (Å²) in [5.74, 6) is -1.61. The van der Waals surface area contributed by atoms with Crippen LogP contribution in [0.3, 0.4) is 0 Å². The number of rotatable bonds is 9. The Bertz CT molecular complexity index is 1980. The molecule has 0 aliphatic rings. The summed E-state index contributed by atoms with van der Waals surface area (Å²) in [7, 11) is -8.28. The molecule has 220 valence electrons. The van der Waals surface area contributed by atoms with Crippen LogP contribution in [0.4, 0.5) is 11.4 Å². The Kier molecular flexibility index (Phi) is 13.0. The topological polar surface area (TPSA) is 207 Å². The zero-order chi connectivity index (χ0) is 31.0. The molecule has 1 N–H and O–H groups in total. The van der Waals surface area contributed by atoms with E-state index in [0.29, 0.717) is 21.7 Å². The molecule has 1 unspecified atom stereocenters. The molecule has 1 aromatic heterocycles. The van der Waals surface area contributed by atoms with E-state index in [1.165, 1.54) is 33.1 Å². The van der Waals surface area contributed by atoms with E-state index >= 15 is 0 Å². The maximum Gasteiger partial charge on any atom is 1.00 e. The number of hydrogen-bond donors (Lipinski definition) is 1. The third kappa shape index (κ3) is 8.58. The average Bonchev–Trinajstić information content (AvgIpc) is 3.31. The first-order chi connectivity index (χ1) is 19.6. The van der Waals surface area contributed by atoms with Gasteiger partial charge in [-0.15, -0.1) is 11.3 Å². The molecular weight excluding hydrogens is 654 g/mol. The Morgan fingerprint density at radius 1 is 0.955 bits per heavy atom. The molecule has 0 spiro atoms. The van der Waals surface area contributed by atoms with Crippen LogP contribution in [0.15, 0.2) is 68.6 Å². The van der Waals surface area contributed by atoms with Gasteiger partial charge in [0.1, 0.15) is 31.0 Å². The van der Waals surface area contributed by atoms with Crippen LogP contribution in [0, 0.1) is 13.8 Å². The number of thiazole rings is 1. The van der Waals surface area contributed by atoms with Crippen LogP contribution in [0.2, 0.25) is 0 Å². The van der Waals surface area contributed by atoms with Gasteiger partial charge < -0.3 is 19.2 Å². The van der Waals surface area contributed by atoms with Crippen LogP contribution in [0.25, 0.3) is 20.8 Å². The monoisotopic (exact) mass is 676 g/mol. The molecule has 0 saturated heterocycles. The summed E-state index contributed by atoms with van der Waals surface area (Å²) in [6.07, 6.45) is 0. The van der Waals surface area contributed by atoms with E-state index < -0.39 is 42.9 Å². The largest absolute Gasteiger partial charge is 1.00 e. The molecule has 1 amide bonds. The number of amides is 1. The van der Waals surface area contributed by atoms with Gasteiger partial charge in [-0.05, 0) is 68.3 Å². The molecule has 0 bridgehead atoms. The van der Waals surface area contributed by atoms with E-state index in [0.717, 1.165) is 24.3 Å². The van der Waals surface area contributed by atoms with E-state index in [-0.39, 0.29) is 91.4 Å². The Morgan fingerprint density at radius 2 is 1.59 bits per heavy atom. The number of methoxy groups -OCH3 is 1. The van der Waals surface area contributed by atoms with Crippen molar-refractivity contribution >= 4 is 64.9 Å². The summed E-state index contributed by atoms with van der Waals surface area (Å²) >= 11 is 1.05. The summed E-state index contributed by atoms with van der Waals surface area (Å²) < 4.78 is 75.1. The number of nitrogens with one attached hydrogen (secondary N) is 1. The number of azo groups is 1. The molecule has 1 atom stereocenters. The summed E-state index contributed by atoms with van der Waals surface area (Å²) in [5, 5.41) is 10.8. The van der Waals surface area contributed by atoms with Crippen LogP contribution >= 0.6 is 11.3 Å². The van der Waals surface area contributed by atoms with Crippen LogP contribution in [-0.4, -0.2) is 55.8 Å². The number of ketones is 1. The Balaban J connectivity index is 0.00000337. The molecule has 0 aliphatic heterocycles. The molecule has 0 aliphatic carbocycles. The summed E-state index contributed by atoms with van der Waals surface area (Å²) in [6, 6.07) is 10.2. The van der Waals surface area contributed by atoms with Gasteiger partial charge in [0.05, 0.1) is 38.5 Å². The van der Waals surface area contributed by atoms with Gasteiger partial charge in [0.2, 0.25) is 6.04 Å². The molecule has 0 radical (unpaired) electrons. The molecule has 0 fully saturated rings. The van der Waals surface area contributed by atoms with Crippen LogP contribution in [0.5, 0.6) is 5.75 Å². The zero-order valence-electron chi connectivity index (χ0n) is 24.4. The zero-order valence-corrected chi connectivity index (χ0v) is 30.9. The fourth-order valence-electron chi connectivity index (χ4n) is 4.02. The molecule has 0 saturated carbocycles. The number of nitrogens with zero attached hydrogens (tertiary/aromatic N) is 3. The molecule has 3 aromatic carbocycles. The fraction of sp³-hybridized carbons (Fsp3) is 0.192. The number of fused-ring (bicyclic) bond motifs is 1. The van der Waals surface area contributed by atoms with Crippen molar-refractivity contribution in [2.75, 3.05) is 12.4 Å². The molecule has 18 heteroatoms. The van der Waals surface area contributed by atoms with Gasteiger partial charge in [-0.25, -0.2) is 21.8 Å². The average molecular weight is 677 g/mol. The van der Waals surface area contributed by atoms with Crippen molar-refractivity contribution in [3.8, 4) is 16.3 Å². The molecule has 4 rings (SSSR count). The number of hydrogen-bond acceptors (Lipinski definition) is 13. The number of carbonyl (C=O) groups is 2. The summed E-state index contributed by atoms with van der Waals surface area (Å²) in [4.78, 5) is 28.7. The number of aryl methyl sites for hydroxylation is 2. The van der Waals surface area contributed by atoms with Crippen LogP contribution in [0.1, 0.15) is 18.1 Å². The van der Waals surface area contributed by atoms with Crippen molar-refractivity contribution in [2.24, 2.45) is 10.2 Å². The number of Topliss-reactive ketones (excluding diaryl/α,β-unsaturated/α-hetero) is 1. The summed E-state index contributed by atoms with van der Waals surface area (Å²) in [5.41, 5.74) is 1.68. The Hall–Kier alpha value is -2.09. The number of ether oxygens (including phenoxy) is 1. The van der Waals surface area contributed by atoms with Gasteiger partial charge in [0.25, 0.3) is 5.91 Å². The van der Waals surface area contributed by atoms with Crippen molar-refractivity contribution in [3.05, 3.63) is 59.7 Å². The van der Waals surface area contributed by atoms with Crippen molar-refractivity contribution in [1.29, 1.82) is 0 Å². The minimum absolute atomic E-state index is 0. The van der Waals surface area contributed by atoms with Crippen molar-refractivity contribution in [3.63, 3.8) is 0 Å². The Morgan fingerprint density at radius 3 is 2.14 bits per heavy atom. The van der Waals surface area contributed by atoms with E-state index in [2.05, 4.69) is 20.5 Å². The molecular formula is C26H22N4Na2O9S3. The van der Waals surface area contributed by atoms with E-state index in [1.54, 1.807) is 30.3 Å². The van der Waals surface area contributed by atoms with E-state index in [1.807, 2.05) is 0 Å². The normalized spacial score (nSPS) is 12.3. The first-order valence-corrected chi connectivity index (χ1v) is 15.6. The minimum Gasteiger partial charge on any atom is -0.744 e. The third-order valence-electron chi connectivity index (χ3n) is 6.02. The predicted molar refractivity (Wildman–Crippen MR) is 151 cm³/mol. The second kappa shape index (κ2) is 15.0. The van der Waals surface area contributed by atoms with Gasteiger partial charge in [-0.1, -0.05) is 6.07 Å². The number of anilines is 1. The maximum absolute atomic E-state index is 12.9. The van der Waals surface area contributed by atoms with Gasteiger partial charge in [-0.3, -0.25) is 9.59 Å². The van der Waals surface area contributed by atoms with Gasteiger partial charge >= 0.3 is 59.1 Å². The quantitative estimate of drug-likeness (QED) is 0.0900.